The highest BCUT2D eigenvalue weighted by Gasteiger charge is 2.26. The van der Waals surface area contributed by atoms with E-state index < -0.39 is 0 Å². The van der Waals surface area contributed by atoms with Crippen LogP contribution in [-0.4, -0.2) is 46.5 Å². The van der Waals surface area contributed by atoms with E-state index in [4.69, 9.17) is 4.42 Å². The van der Waals surface area contributed by atoms with Crippen molar-refractivity contribution in [3.05, 3.63) is 83.9 Å². The van der Waals surface area contributed by atoms with Crippen molar-refractivity contribution in [2.24, 2.45) is 0 Å². The van der Waals surface area contributed by atoms with Crippen LogP contribution < -0.4 is 4.90 Å². The third-order valence-corrected chi connectivity index (χ3v) is 5.87. The van der Waals surface area contributed by atoms with E-state index in [1.54, 1.807) is 12.5 Å². The number of nitrogens with zero attached hydrogens (tertiary/aromatic N) is 4. The molecule has 1 fully saturated rings. The van der Waals surface area contributed by atoms with Crippen LogP contribution in [0.5, 0.6) is 0 Å². The van der Waals surface area contributed by atoms with Crippen LogP contribution in [0.2, 0.25) is 0 Å². The first-order valence-electron chi connectivity index (χ1n) is 10.3. The topological polar surface area (TPSA) is 54.5 Å². The molecule has 5 rings (SSSR count). The number of amides is 1. The van der Waals surface area contributed by atoms with Crippen molar-refractivity contribution in [3.63, 3.8) is 0 Å². The molecule has 0 N–H and O–H groups in total. The summed E-state index contributed by atoms with van der Waals surface area (Å²) in [6, 6.07) is 18.0. The molecule has 0 saturated carbocycles. The second-order valence-electron chi connectivity index (χ2n) is 7.68. The molecule has 6 nitrogen and oxygen atoms in total. The van der Waals surface area contributed by atoms with Gasteiger partial charge >= 0.3 is 0 Å². The summed E-state index contributed by atoms with van der Waals surface area (Å²) in [5.41, 5.74) is 4.79. The molecule has 6 heteroatoms. The summed E-state index contributed by atoms with van der Waals surface area (Å²) in [7, 11) is 0. The maximum atomic E-state index is 13.4. The summed E-state index contributed by atoms with van der Waals surface area (Å²) in [6.07, 6.45) is 3.49. The third kappa shape index (κ3) is 3.34. The largest absolute Gasteiger partial charge is 0.463 e. The molecule has 152 valence electrons. The van der Waals surface area contributed by atoms with Gasteiger partial charge in [-0.25, -0.2) is 4.98 Å². The number of benzene rings is 1. The van der Waals surface area contributed by atoms with Crippen molar-refractivity contribution in [1.29, 1.82) is 0 Å². The zero-order chi connectivity index (χ0) is 20.5. The number of fused-ring (bicyclic) bond motifs is 1. The number of aromatic nitrogens is 2. The second-order valence-corrected chi connectivity index (χ2v) is 7.68. The second kappa shape index (κ2) is 7.71. The summed E-state index contributed by atoms with van der Waals surface area (Å²) in [5.74, 6) is 1.01. The smallest absolute Gasteiger partial charge is 0.270 e. The summed E-state index contributed by atoms with van der Waals surface area (Å²) < 4.78 is 7.69. The zero-order valence-electron chi connectivity index (χ0n) is 17.0. The molecule has 0 aliphatic carbocycles. The minimum absolute atomic E-state index is 0.0515. The molecule has 1 amide bonds. The number of piperazine rings is 1. The minimum atomic E-state index is 0.0515. The molecule has 0 atom stereocenters. The molecule has 0 unspecified atom stereocenters. The monoisotopic (exact) mass is 400 g/mol. The van der Waals surface area contributed by atoms with Crippen molar-refractivity contribution >= 4 is 22.8 Å². The molecule has 1 aliphatic rings. The molecule has 30 heavy (non-hydrogen) atoms. The van der Waals surface area contributed by atoms with Crippen LogP contribution >= 0.6 is 0 Å². The van der Waals surface area contributed by atoms with Gasteiger partial charge in [-0.2, -0.15) is 0 Å². The number of carbonyl (C=O) groups is 1. The van der Waals surface area contributed by atoms with Crippen LogP contribution in [0.15, 0.2) is 71.5 Å². The predicted octanol–water partition coefficient (Wildman–Crippen LogP) is 3.95. The predicted molar refractivity (Wildman–Crippen MR) is 117 cm³/mol. The van der Waals surface area contributed by atoms with Crippen molar-refractivity contribution in [3.8, 4) is 0 Å². The lowest BCUT2D eigenvalue weighted by molar-refractivity contribution is 0.0736. The SMILES string of the molecule is Cc1ccccc1Cn1c(C(=O)N2CCN(c3ccccn3)CC2)cc2occc21. The highest BCUT2D eigenvalue weighted by atomic mass is 16.3. The van der Waals surface area contributed by atoms with Gasteiger partial charge in [-0.05, 0) is 30.2 Å². The molecule has 1 saturated heterocycles. The molecular formula is C24H24N4O2. The Bertz CT molecular complexity index is 1170. The van der Waals surface area contributed by atoms with Gasteiger partial charge in [0.1, 0.15) is 11.5 Å². The fourth-order valence-electron chi connectivity index (χ4n) is 4.12. The van der Waals surface area contributed by atoms with Crippen molar-refractivity contribution in [2.45, 2.75) is 13.5 Å². The first-order chi connectivity index (χ1) is 14.7. The maximum Gasteiger partial charge on any atom is 0.270 e. The van der Waals surface area contributed by atoms with E-state index in [2.05, 4.69) is 33.5 Å². The molecule has 0 bridgehead atoms. The van der Waals surface area contributed by atoms with E-state index in [0.29, 0.717) is 25.3 Å². The van der Waals surface area contributed by atoms with Gasteiger partial charge in [0.15, 0.2) is 5.58 Å². The fraction of sp³-hybridized carbons (Fsp3) is 0.250. The third-order valence-electron chi connectivity index (χ3n) is 5.87. The van der Waals surface area contributed by atoms with Gasteiger partial charge in [0.05, 0.1) is 11.8 Å². The molecule has 0 spiro atoms. The molecule has 1 aliphatic heterocycles. The number of carbonyl (C=O) groups excluding carboxylic acids is 1. The number of furan rings is 1. The average Bonchev–Trinajstić information content (AvgIpc) is 3.38. The standard InChI is InChI=1S/C24H24N4O2/c1-18-6-2-3-7-19(18)17-28-20-9-15-30-22(20)16-21(28)24(29)27-13-11-26(12-14-27)23-8-4-5-10-25-23/h2-10,15-16H,11-14,17H2,1H3. The Morgan fingerprint density at radius 2 is 1.83 bits per heavy atom. The Hall–Kier alpha value is -3.54. The highest BCUT2D eigenvalue weighted by Crippen LogP contribution is 2.25. The quantitative estimate of drug-likeness (QED) is 0.521. The van der Waals surface area contributed by atoms with Crippen molar-refractivity contribution < 1.29 is 9.21 Å². The van der Waals surface area contributed by atoms with E-state index in [-0.39, 0.29) is 5.91 Å². The number of anilines is 1. The maximum absolute atomic E-state index is 13.4. The number of pyridine rings is 1. The Morgan fingerprint density at radius 3 is 2.60 bits per heavy atom. The Morgan fingerprint density at radius 1 is 1.03 bits per heavy atom. The molecule has 4 heterocycles. The van der Waals surface area contributed by atoms with Crippen LogP contribution in [0.4, 0.5) is 5.82 Å². The lowest BCUT2D eigenvalue weighted by Crippen LogP contribution is -2.49. The van der Waals surface area contributed by atoms with Gasteiger partial charge < -0.3 is 18.8 Å². The van der Waals surface area contributed by atoms with Crippen LogP contribution in [0.25, 0.3) is 11.1 Å². The first kappa shape index (κ1) is 18.5. The number of rotatable bonds is 4. The summed E-state index contributed by atoms with van der Waals surface area (Å²) in [4.78, 5) is 22.0. The molecular weight excluding hydrogens is 376 g/mol. The minimum Gasteiger partial charge on any atom is -0.463 e. The Balaban J connectivity index is 1.39. The normalized spacial score (nSPS) is 14.4. The number of aryl methyl sites for hydroxylation is 1. The van der Waals surface area contributed by atoms with Gasteiger partial charge in [0.2, 0.25) is 0 Å². The van der Waals surface area contributed by atoms with Crippen LogP contribution in [0.1, 0.15) is 21.6 Å². The number of hydrogen-bond acceptors (Lipinski definition) is 4. The van der Waals surface area contributed by atoms with Crippen LogP contribution in [0.3, 0.4) is 0 Å². The van der Waals surface area contributed by atoms with E-state index in [1.165, 1.54) is 11.1 Å². The van der Waals surface area contributed by atoms with Crippen LogP contribution in [-0.2, 0) is 6.54 Å². The first-order valence-corrected chi connectivity index (χ1v) is 10.3. The zero-order valence-corrected chi connectivity index (χ0v) is 17.0. The summed E-state index contributed by atoms with van der Waals surface area (Å²) >= 11 is 0. The lowest BCUT2D eigenvalue weighted by Gasteiger charge is -2.35. The van der Waals surface area contributed by atoms with Crippen LogP contribution in [0, 0.1) is 6.92 Å². The van der Waals surface area contributed by atoms with E-state index in [1.807, 2.05) is 47.4 Å². The Kier molecular flexibility index (Phi) is 4.75. The van der Waals surface area contributed by atoms with Gasteiger partial charge in [-0.3, -0.25) is 4.79 Å². The highest BCUT2D eigenvalue weighted by molar-refractivity contribution is 5.97. The van der Waals surface area contributed by atoms with E-state index in [9.17, 15) is 4.79 Å². The molecule has 1 aromatic carbocycles. The molecule has 3 aromatic heterocycles. The summed E-state index contributed by atoms with van der Waals surface area (Å²) in [6.45, 7) is 5.64. The van der Waals surface area contributed by atoms with Gasteiger partial charge in [0.25, 0.3) is 5.91 Å². The average molecular weight is 400 g/mol. The van der Waals surface area contributed by atoms with Gasteiger partial charge in [0, 0.05) is 51.1 Å². The molecule has 0 radical (unpaired) electrons. The lowest BCUT2D eigenvalue weighted by atomic mass is 10.1. The van der Waals surface area contributed by atoms with E-state index in [0.717, 1.165) is 30.0 Å². The van der Waals surface area contributed by atoms with Gasteiger partial charge in [-0.1, -0.05) is 30.3 Å². The van der Waals surface area contributed by atoms with Gasteiger partial charge in [-0.15, -0.1) is 0 Å². The van der Waals surface area contributed by atoms with E-state index >= 15 is 0 Å². The molecule has 4 aromatic rings. The summed E-state index contributed by atoms with van der Waals surface area (Å²) in [5, 5.41) is 0. The van der Waals surface area contributed by atoms with Crippen molar-refractivity contribution in [1.82, 2.24) is 14.5 Å². The van der Waals surface area contributed by atoms with Crippen molar-refractivity contribution in [2.75, 3.05) is 31.1 Å². The Labute approximate surface area is 175 Å². The number of hydrogen-bond donors (Lipinski definition) is 0. The fourth-order valence-corrected chi connectivity index (χ4v) is 4.12.